The van der Waals surface area contributed by atoms with E-state index in [1.807, 2.05) is 23.1 Å². The first-order chi connectivity index (χ1) is 12.2. The van der Waals surface area contributed by atoms with Crippen molar-refractivity contribution in [1.29, 1.82) is 0 Å². The third-order valence-electron chi connectivity index (χ3n) is 4.69. The van der Waals surface area contributed by atoms with Crippen LogP contribution in [0.4, 0.5) is 0 Å². The summed E-state index contributed by atoms with van der Waals surface area (Å²) in [6, 6.07) is 14.7. The van der Waals surface area contributed by atoms with E-state index in [1.165, 1.54) is 15.8 Å². The lowest BCUT2D eigenvalue weighted by Crippen LogP contribution is -2.31. The number of carbonyl (C=O) groups is 1. The lowest BCUT2D eigenvalue weighted by Gasteiger charge is -2.23. The van der Waals surface area contributed by atoms with Gasteiger partial charge in [-0.15, -0.1) is 11.3 Å². The van der Waals surface area contributed by atoms with Crippen molar-refractivity contribution in [3.8, 4) is 0 Å². The number of aromatic nitrogens is 1. The summed E-state index contributed by atoms with van der Waals surface area (Å²) in [6.45, 7) is 2.97. The minimum absolute atomic E-state index is 0.216. The highest BCUT2D eigenvalue weighted by Crippen LogP contribution is 2.35. The molecule has 25 heavy (non-hydrogen) atoms. The summed E-state index contributed by atoms with van der Waals surface area (Å²) in [5.41, 5.74) is 2.20. The van der Waals surface area contributed by atoms with Crippen LogP contribution in [0.1, 0.15) is 29.3 Å². The van der Waals surface area contributed by atoms with E-state index in [9.17, 15) is 4.79 Å². The van der Waals surface area contributed by atoms with Gasteiger partial charge in [-0.05, 0) is 48.9 Å². The molecule has 1 saturated heterocycles. The number of hydrogen-bond acceptors (Lipinski definition) is 4. The maximum atomic E-state index is 12.8. The number of carbonyl (C=O) groups excluding carboxylic acids is 1. The zero-order chi connectivity index (χ0) is 17.2. The molecule has 1 atom stereocenters. The SMILES string of the molecule is Cc1cc(SCC(=O)N2CCC[C@@H]2c2cccs2)nc2ccccc12. The third kappa shape index (κ3) is 3.44. The Bertz CT molecular complexity index is 892. The van der Waals surface area contributed by atoms with E-state index in [0.29, 0.717) is 5.75 Å². The van der Waals surface area contributed by atoms with E-state index < -0.39 is 0 Å². The highest BCUT2D eigenvalue weighted by Gasteiger charge is 2.30. The fourth-order valence-electron chi connectivity index (χ4n) is 3.45. The van der Waals surface area contributed by atoms with Crippen LogP contribution in [-0.2, 0) is 4.79 Å². The number of thioether (sulfide) groups is 1. The van der Waals surface area contributed by atoms with Gasteiger partial charge in [0, 0.05) is 16.8 Å². The molecule has 0 bridgehead atoms. The second-order valence-electron chi connectivity index (χ2n) is 6.34. The number of nitrogens with zero attached hydrogens (tertiary/aromatic N) is 2. The second kappa shape index (κ2) is 7.18. The van der Waals surface area contributed by atoms with E-state index >= 15 is 0 Å². The number of para-hydroxylation sites is 1. The van der Waals surface area contributed by atoms with Gasteiger partial charge in [-0.3, -0.25) is 4.79 Å². The first kappa shape index (κ1) is 16.6. The molecule has 3 nitrogen and oxygen atoms in total. The maximum Gasteiger partial charge on any atom is 0.233 e. The average molecular weight is 369 g/mol. The third-order valence-corrected chi connectivity index (χ3v) is 6.56. The van der Waals surface area contributed by atoms with Gasteiger partial charge in [0.1, 0.15) is 0 Å². The van der Waals surface area contributed by atoms with E-state index in [-0.39, 0.29) is 11.9 Å². The number of fused-ring (bicyclic) bond motifs is 1. The quantitative estimate of drug-likeness (QED) is 0.604. The summed E-state index contributed by atoms with van der Waals surface area (Å²) in [5, 5.41) is 4.19. The van der Waals surface area contributed by atoms with Gasteiger partial charge in [-0.1, -0.05) is 36.0 Å². The highest BCUT2D eigenvalue weighted by atomic mass is 32.2. The molecule has 0 aliphatic carbocycles. The smallest absolute Gasteiger partial charge is 0.233 e. The lowest BCUT2D eigenvalue weighted by molar-refractivity contribution is -0.129. The van der Waals surface area contributed by atoms with E-state index in [2.05, 4.69) is 36.6 Å². The maximum absolute atomic E-state index is 12.8. The van der Waals surface area contributed by atoms with Crippen molar-refractivity contribution in [2.24, 2.45) is 0 Å². The summed E-state index contributed by atoms with van der Waals surface area (Å²) in [5.74, 6) is 0.667. The summed E-state index contributed by atoms with van der Waals surface area (Å²) >= 11 is 3.29. The summed E-state index contributed by atoms with van der Waals surface area (Å²) < 4.78 is 0. The molecule has 1 amide bonds. The van der Waals surface area contributed by atoms with Crippen LogP contribution in [0.25, 0.3) is 10.9 Å². The zero-order valence-corrected chi connectivity index (χ0v) is 15.8. The Morgan fingerprint density at radius 3 is 3.04 bits per heavy atom. The van der Waals surface area contributed by atoms with Gasteiger partial charge in [0.15, 0.2) is 0 Å². The van der Waals surface area contributed by atoms with Gasteiger partial charge in [0.05, 0.1) is 22.3 Å². The number of likely N-dealkylation sites (tertiary alicyclic amines) is 1. The van der Waals surface area contributed by atoms with Crippen LogP contribution in [0, 0.1) is 6.92 Å². The highest BCUT2D eigenvalue weighted by molar-refractivity contribution is 7.99. The van der Waals surface area contributed by atoms with Crippen LogP contribution in [-0.4, -0.2) is 28.1 Å². The van der Waals surface area contributed by atoms with Gasteiger partial charge >= 0.3 is 0 Å². The molecule has 1 aliphatic heterocycles. The molecule has 1 fully saturated rings. The minimum atomic E-state index is 0.216. The number of pyridine rings is 1. The molecule has 5 heteroatoms. The molecule has 0 N–H and O–H groups in total. The molecule has 0 saturated carbocycles. The van der Waals surface area contributed by atoms with Crippen LogP contribution in [0.5, 0.6) is 0 Å². The van der Waals surface area contributed by atoms with Crippen molar-refractivity contribution in [3.05, 3.63) is 58.3 Å². The molecule has 128 valence electrons. The van der Waals surface area contributed by atoms with Gasteiger partial charge in [-0.2, -0.15) is 0 Å². The van der Waals surface area contributed by atoms with E-state index in [0.717, 1.165) is 29.9 Å². The van der Waals surface area contributed by atoms with Gasteiger partial charge in [0.2, 0.25) is 5.91 Å². The Kier molecular flexibility index (Phi) is 4.77. The molecular weight excluding hydrogens is 348 g/mol. The monoisotopic (exact) mass is 368 g/mol. The average Bonchev–Trinajstić information content (AvgIpc) is 3.30. The molecule has 2 aromatic heterocycles. The fourth-order valence-corrected chi connectivity index (χ4v) is 5.19. The first-order valence-corrected chi connectivity index (χ1v) is 10.4. The van der Waals surface area contributed by atoms with Gasteiger partial charge in [-0.25, -0.2) is 4.98 Å². The Balaban J connectivity index is 1.47. The van der Waals surface area contributed by atoms with E-state index in [4.69, 9.17) is 4.98 Å². The molecule has 4 rings (SSSR count). The van der Waals surface area contributed by atoms with Crippen molar-refractivity contribution in [2.45, 2.75) is 30.8 Å². The van der Waals surface area contributed by atoms with Crippen LogP contribution >= 0.6 is 23.1 Å². The predicted molar refractivity (Wildman–Crippen MR) is 105 cm³/mol. The van der Waals surface area contributed by atoms with Crippen LogP contribution in [0.15, 0.2) is 52.9 Å². The fraction of sp³-hybridized carbons (Fsp3) is 0.300. The van der Waals surface area contributed by atoms with Crippen molar-refractivity contribution < 1.29 is 4.79 Å². The Morgan fingerprint density at radius 1 is 1.32 bits per heavy atom. The predicted octanol–water partition coefficient (Wildman–Crippen LogP) is 5.06. The van der Waals surface area contributed by atoms with Crippen molar-refractivity contribution >= 4 is 39.9 Å². The Morgan fingerprint density at radius 2 is 2.20 bits per heavy atom. The molecule has 0 unspecified atom stereocenters. The van der Waals surface area contributed by atoms with Crippen LogP contribution in [0.2, 0.25) is 0 Å². The van der Waals surface area contributed by atoms with E-state index in [1.54, 1.807) is 23.1 Å². The van der Waals surface area contributed by atoms with Gasteiger partial charge in [0.25, 0.3) is 0 Å². The Hall–Kier alpha value is -1.85. The van der Waals surface area contributed by atoms with Crippen LogP contribution in [0.3, 0.4) is 0 Å². The molecular formula is C20H20N2OS2. The molecule has 3 aromatic rings. The lowest BCUT2D eigenvalue weighted by atomic mass is 10.1. The van der Waals surface area contributed by atoms with Crippen LogP contribution < -0.4 is 0 Å². The van der Waals surface area contributed by atoms with Crippen molar-refractivity contribution in [2.75, 3.05) is 12.3 Å². The summed E-state index contributed by atoms with van der Waals surface area (Å²) in [4.78, 5) is 20.8. The van der Waals surface area contributed by atoms with Crippen molar-refractivity contribution in [1.82, 2.24) is 9.88 Å². The molecule has 1 aliphatic rings. The minimum Gasteiger partial charge on any atom is -0.334 e. The number of rotatable bonds is 4. The molecule has 1 aromatic carbocycles. The number of hydrogen-bond donors (Lipinski definition) is 0. The number of amides is 1. The second-order valence-corrected chi connectivity index (χ2v) is 8.32. The topological polar surface area (TPSA) is 33.2 Å². The largest absolute Gasteiger partial charge is 0.334 e. The number of thiophene rings is 1. The number of benzene rings is 1. The molecule has 3 heterocycles. The first-order valence-electron chi connectivity index (χ1n) is 8.54. The Labute approximate surface area is 156 Å². The standard InChI is InChI=1S/C20H20N2OS2/c1-14-12-19(21-16-7-3-2-6-15(14)16)25-13-20(23)22-10-4-8-17(22)18-9-5-11-24-18/h2-3,5-7,9,11-12,17H,4,8,10,13H2,1H3/t17-/m1/s1. The van der Waals surface area contributed by atoms with Crippen molar-refractivity contribution in [3.63, 3.8) is 0 Å². The molecule has 0 radical (unpaired) electrons. The number of aryl methyl sites for hydroxylation is 1. The van der Waals surface area contributed by atoms with Gasteiger partial charge < -0.3 is 4.90 Å². The summed E-state index contributed by atoms with van der Waals surface area (Å²) in [7, 11) is 0. The summed E-state index contributed by atoms with van der Waals surface area (Å²) in [6.07, 6.45) is 2.16. The zero-order valence-electron chi connectivity index (χ0n) is 14.1. The normalized spacial score (nSPS) is 17.3. The molecule has 0 spiro atoms.